The number of hydrogen-bond donors (Lipinski definition) is 0. The zero-order valence-electron chi connectivity index (χ0n) is 10.9. The number of rotatable bonds is 4. The van der Waals surface area contributed by atoms with Crippen LogP contribution < -0.4 is 0 Å². The van der Waals surface area contributed by atoms with Crippen LogP contribution in [0.1, 0.15) is 36.0 Å². The molecular formula is C14H18O3S2. The summed E-state index contributed by atoms with van der Waals surface area (Å²) in [6, 6.07) is 7.45. The Kier molecular flexibility index (Phi) is 4.68. The van der Waals surface area contributed by atoms with Crippen LogP contribution >= 0.6 is 11.8 Å². The largest absolute Gasteiger partial charge is 0.298 e. The molecule has 0 aliphatic heterocycles. The first-order valence-corrected chi connectivity index (χ1v) is 9.23. The van der Waals surface area contributed by atoms with Gasteiger partial charge in [0.2, 0.25) is 0 Å². The molecule has 1 aliphatic carbocycles. The van der Waals surface area contributed by atoms with Crippen LogP contribution in [0.15, 0.2) is 29.2 Å². The lowest BCUT2D eigenvalue weighted by Gasteiger charge is -2.27. The monoisotopic (exact) mass is 298 g/mol. The average molecular weight is 298 g/mol. The SMILES string of the molecule is CS(=O)(=O)C1CCCC(Sc2ccc(C=O)cc2)C1. The third-order valence-corrected chi connectivity index (χ3v) is 6.45. The standard InChI is InChI=1S/C14H18O3S2/c1-19(16,17)14-4-2-3-13(9-14)18-12-7-5-11(10-15)6-8-12/h5-8,10,13-14H,2-4,9H2,1H3. The maximum absolute atomic E-state index is 11.6. The van der Waals surface area contributed by atoms with Crippen molar-refractivity contribution in [2.24, 2.45) is 0 Å². The number of sulfone groups is 1. The Bertz CT molecular complexity index is 534. The molecule has 0 radical (unpaired) electrons. The highest BCUT2D eigenvalue weighted by Gasteiger charge is 2.29. The molecule has 1 aromatic carbocycles. The molecule has 0 bridgehead atoms. The van der Waals surface area contributed by atoms with E-state index in [0.717, 1.165) is 36.9 Å². The first-order chi connectivity index (χ1) is 8.99. The van der Waals surface area contributed by atoms with E-state index in [-0.39, 0.29) is 5.25 Å². The molecule has 1 saturated carbocycles. The summed E-state index contributed by atoms with van der Waals surface area (Å²) in [6.07, 6.45) is 5.73. The molecular weight excluding hydrogens is 280 g/mol. The Hall–Kier alpha value is -0.810. The Morgan fingerprint density at radius 2 is 1.89 bits per heavy atom. The molecule has 2 unspecified atom stereocenters. The van der Waals surface area contributed by atoms with Gasteiger partial charge in [-0.2, -0.15) is 0 Å². The minimum Gasteiger partial charge on any atom is -0.298 e. The molecule has 3 nitrogen and oxygen atoms in total. The molecule has 19 heavy (non-hydrogen) atoms. The van der Waals surface area contributed by atoms with E-state index < -0.39 is 9.84 Å². The highest BCUT2D eigenvalue weighted by molar-refractivity contribution is 8.00. The van der Waals surface area contributed by atoms with Gasteiger partial charge in [-0.3, -0.25) is 4.79 Å². The lowest BCUT2D eigenvalue weighted by Crippen LogP contribution is -2.28. The van der Waals surface area contributed by atoms with E-state index in [1.807, 2.05) is 12.1 Å². The van der Waals surface area contributed by atoms with Gasteiger partial charge in [-0.1, -0.05) is 18.6 Å². The van der Waals surface area contributed by atoms with Gasteiger partial charge in [0, 0.05) is 22.0 Å². The molecule has 0 spiro atoms. The van der Waals surface area contributed by atoms with Gasteiger partial charge in [0.05, 0.1) is 5.25 Å². The quantitative estimate of drug-likeness (QED) is 0.802. The fraction of sp³-hybridized carbons (Fsp3) is 0.500. The molecule has 0 aromatic heterocycles. The van der Waals surface area contributed by atoms with Gasteiger partial charge in [-0.15, -0.1) is 11.8 Å². The molecule has 1 fully saturated rings. The summed E-state index contributed by atoms with van der Waals surface area (Å²) >= 11 is 1.72. The normalized spacial score (nSPS) is 24.1. The maximum Gasteiger partial charge on any atom is 0.150 e. The van der Waals surface area contributed by atoms with Crippen molar-refractivity contribution in [3.8, 4) is 0 Å². The van der Waals surface area contributed by atoms with Crippen molar-refractivity contribution in [2.75, 3.05) is 6.26 Å². The highest BCUT2D eigenvalue weighted by atomic mass is 32.2. The molecule has 0 saturated heterocycles. The molecule has 0 N–H and O–H groups in total. The van der Waals surface area contributed by atoms with E-state index in [0.29, 0.717) is 10.8 Å². The minimum atomic E-state index is -2.92. The van der Waals surface area contributed by atoms with Crippen molar-refractivity contribution in [3.63, 3.8) is 0 Å². The maximum atomic E-state index is 11.6. The minimum absolute atomic E-state index is 0.187. The smallest absolute Gasteiger partial charge is 0.150 e. The number of hydrogen-bond acceptors (Lipinski definition) is 4. The summed E-state index contributed by atoms with van der Waals surface area (Å²) < 4.78 is 23.2. The second-order valence-electron chi connectivity index (χ2n) is 5.04. The average Bonchev–Trinajstić information content (AvgIpc) is 2.39. The van der Waals surface area contributed by atoms with E-state index in [1.54, 1.807) is 23.9 Å². The van der Waals surface area contributed by atoms with E-state index >= 15 is 0 Å². The second-order valence-corrected chi connectivity index (χ2v) is 8.74. The number of carbonyl (C=O) groups excluding carboxylic acids is 1. The van der Waals surface area contributed by atoms with Crippen LogP contribution in [-0.2, 0) is 9.84 Å². The lowest BCUT2D eigenvalue weighted by molar-refractivity contribution is 0.112. The van der Waals surface area contributed by atoms with Crippen molar-refractivity contribution in [1.82, 2.24) is 0 Å². The van der Waals surface area contributed by atoms with E-state index in [4.69, 9.17) is 0 Å². The van der Waals surface area contributed by atoms with Crippen LogP contribution in [-0.4, -0.2) is 31.5 Å². The summed E-state index contributed by atoms with van der Waals surface area (Å²) in [5.74, 6) is 0. The zero-order chi connectivity index (χ0) is 13.9. The summed E-state index contributed by atoms with van der Waals surface area (Å²) in [7, 11) is -2.92. The van der Waals surface area contributed by atoms with Crippen molar-refractivity contribution in [1.29, 1.82) is 0 Å². The second kappa shape index (κ2) is 6.09. The molecule has 5 heteroatoms. The van der Waals surface area contributed by atoms with Crippen LogP contribution in [0.25, 0.3) is 0 Å². The predicted octanol–water partition coefficient (Wildman–Crippen LogP) is 2.95. The van der Waals surface area contributed by atoms with Gasteiger partial charge in [0.1, 0.15) is 16.1 Å². The van der Waals surface area contributed by atoms with Crippen LogP contribution in [0, 0.1) is 0 Å². The van der Waals surface area contributed by atoms with Crippen molar-refractivity contribution < 1.29 is 13.2 Å². The van der Waals surface area contributed by atoms with Crippen LogP contribution in [0.3, 0.4) is 0 Å². The summed E-state index contributed by atoms with van der Waals surface area (Å²) in [5.41, 5.74) is 0.669. The molecule has 0 heterocycles. The predicted molar refractivity (Wildman–Crippen MR) is 78.6 cm³/mol. The molecule has 2 atom stereocenters. The summed E-state index contributed by atoms with van der Waals surface area (Å²) in [4.78, 5) is 11.7. The number of benzene rings is 1. The van der Waals surface area contributed by atoms with E-state index in [1.165, 1.54) is 6.26 Å². The van der Waals surface area contributed by atoms with Crippen LogP contribution in [0.5, 0.6) is 0 Å². The van der Waals surface area contributed by atoms with Gasteiger partial charge < -0.3 is 0 Å². The van der Waals surface area contributed by atoms with E-state index in [2.05, 4.69) is 0 Å². The first kappa shape index (κ1) is 14.6. The van der Waals surface area contributed by atoms with Crippen molar-refractivity contribution in [2.45, 2.75) is 41.1 Å². The van der Waals surface area contributed by atoms with Gasteiger partial charge >= 0.3 is 0 Å². The Morgan fingerprint density at radius 3 is 2.47 bits per heavy atom. The topological polar surface area (TPSA) is 51.2 Å². The van der Waals surface area contributed by atoms with Crippen molar-refractivity contribution >= 4 is 27.9 Å². The lowest BCUT2D eigenvalue weighted by atomic mass is 10.00. The molecule has 1 aliphatic rings. The number of thioether (sulfide) groups is 1. The zero-order valence-corrected chi connectivity index (χ0v) is 12.5. The first-order valence-electron chi connectivity index (χ1n) is 6.40. The fourth-order valence-corrected chi connectivity index (χ4v) is 5.01. The fourth-order valence-electron chi connectivity index (χ4n) is 2.42. The van der Waals surface area contributed by atoms with Gasteiger partial charge in [-0.05, 0) is 31.4 Å². The molecule has 0 amide bonds. The third kappa shape index (κ3) is 4.08. The van der Waals surface area contributed by atoms with Gasteiger partial charge in [0.25, 0.3) is 0 Å². The highest BCUT2D eigenvalue weighted by Crippen LogP contribution is 2.35. The molecule has 2 rings (SSSR count). The van der Waals surface area contributed by atoms with Crippen LogP contribution in [0.4, 0.5) is 0 Å². The summed E-state index contributed by atoms with van der Waals surface area (Å²) in [6.45, 7) is 0. The third-order valence-electron chi connectivity index (χ3n) is 3.50. The Balaban J connectivity index is 2.00. The van der Waals surface area contributed by atoms with Gasteiger partial charge in [0.15, 0.2) is 0 Å². The Labute approximate surface area is 118 Å². The molecule has 1 aromatic rings. The molecule has 104 valence electrons. The van der Waals surface area contributed by atoms with Gasteiger partial charge in [-0.25, -0.2) is 8.42 Å². The summed E-state index contributed by atoms with van der Waals surface area (Å²) in [5, 5.41) is 0.170. The van der Waals surface area contributed by atoms with Crippen LogP contribution in [0.2, 0.25) is 0 Å². The number of carbonyl (C=O) groups is 1. The Morgan fingerprint density at radius 1 is 1.21 bits per heavy atom. The number of aldehydes is 1. The van der Waals surface area contributed by atoms with Crippen molar-refractivity contribution in [3.05, 3.63) is 29.8 Å². The van der Waals surface area contributed by atoms with E-state index in [9.17, 15) is 13.2 Å².